The fourth-order valence-electron chi connectivity index (χ4n) is 1.17. The van der Waals surface area contributed by atoms with E-state index in [1.165, 1.54) is 11.3 Å². The van der Waals surface area contributed by atoms with Gasteiger partial charge in [0, 0.05) is 5.69 Å². The van der Waals surface area contributed by atoms with E-state index in [-0.39, 0.29) is 6.61 Å². The zero-order chi connectivity index (χ0) is 11.4. The van der Waals surface area contributed by atoms with Crippen LogP contribution in [0.5, 0.6) is 5.75 Å². The lowest BCUT2D eigenvalue weighted by atomic mass is 10.3. The van der Waals surface area contributed by atoms with Crippen LogP contribution in [0.2, 0.25) is 0 Å². The maximum Gasteiger partial charge on any atom is 0.210 e. The SMILES string of the molecule is COc1ccc(Nc2nnc(CO)s2)cc1. The Balaban J connectivity index is 2.08. The van der Waals surface area contributed by atoms with Crippen LogP contribution < -0.4 is 10.1 Å². The minimum atomic E-state index is -0.0814. The summed E-state index contributed by atoms with van der Waals surface area (Å²) in [5, 5.41) is 20.9. The third-order valence-electron chi connectivity index (χ3n) is 1.94. The molecule has 2 rings (SSSR count). The lowest BCUT2D eigenvalue weighted by Crippen LogP contribution is -1.89. The van der Waals surface area contributed by atoms with Crippen LogP contribution >= 0.6 is 11.3 Å². The maximum atomic E-state index is 8.85. The standard InChI is InChI=1S/C10H11N3O2S/c1-15-8-4-2-7(3-5-8)11-10-13-12-9(6-14)16-10/h2-5,14H,6H2,1H3,(H,11,13). The second-order valence-electron chi connectivity index (χ2n) is 3.01. The summed E-state index contributed by atoms with van der Waals surface area (Å²) in [7, 11) is 1.63. The van der Waals surface area contributed by atoms with Crippen molar-refractivity contribution in [2.75, 3.05) is 12.4 Å². The van der Waals surface area contributed by atoms with Gasteiger partial charge in [-0.25, -0.2) is 0 Å². The van der Waals surface area contributed by atoms with Crippen molar-refractivity contribution in [3.63, 3.8) is 0 Å². The van der Waals surface area contributed by atoms with Gasteiger partial charge >= 0.3 is 0 Å². The Morgan fingerprint density at radius 1 is 1.31 bits per heavy atom. The van der Waals surface area contributed by atoms with Crippen molar-refractivity contribution in [3.05, 3.63) is 29.3 Å². The summed E-state index contributed by atoms with van der Waals surface area (Å²) in [5.74, 6) is 0.805. The van der Waals surface area contributed by atoms with Crippen molar-refractivity contribution in [3.8, 4) is 5.75 Å². The summed E-state index contributed by atoms with van der Waals surface area (Å²) in [6, 6.07) is 7.49. The molecule has 0 spiro atoms. The largest absolute Gasteiger partial charge is 0.497 e. The van der Waals surface area contributed by atoms with Crippen LogP contribution in [0.3, 0.4) is 0 Å². The van der Waals surface area contributed by atoms with Gasteiger partial charge in [0.1, 0.15) is 10.8 Å². The molecule has 0 saturated carbocycles. The number of ether oxygens (including phenoxy) is 1. The average molecular weight is 237 g/mol. The highest BCUT2D eigenvalue weighted by Crippen LogP contribution is 2.22. The molecule has 0 radical (unpaired) electrons. The highest BCUT2D eigenvalue weighted by Gasteiger charge is 2.02. The van der Waals surface area contributed by atoms with E-state index in [0.29, 0.717) is 10.1 Å². The second-order valence-corrected chi connectivity index (χ2v) is 4.07. The van der Waals surface area contributed by atoms with Crippen LogP contribution in [-0.4, -0.2) is 22.4 Å². The normalized spacial score (nSPS) is 10.1. The number of nitrogens with one attached hydrogen (secondary N) is 1. The summed E-state index contributed by atoms with van der Waals surface area (Å²) < 4.78 is 5.05. The van der Waals surface area contributed by atoms with E-state index in [2.05, 4.69) is 15.5 Å². The molecule has 0 amide bonds. The molecule has 16 heavy (non-hydrogen) atoms. The first kappa shape index (κ1) is 10.8. The quantitative estimate of drug-likeness (QED) is 0.848. The summed E-state index contributed by atoms with van der Waals surface area (Å²) in [5.41, 5.74) is 0.904. The summed E-state index contributed by atoms with van der Waals surface area (Å²) in [6.45, 7) is -0.0814. The number of benzene rings is 1. The fourth-order valence-corrected chi connectivity index (χ4v) is 1.79. The van der Waals surface area contributed by atoms with Gasteiger partial charge in [-0.05, 0) is 24.3 Å². The molecule has 1 heterocycles. The average Bonchev–Trinajstić information content (AvgIpc) is 2.78. The molecule has 0 bridgehead atoms. The van der Waals surface area contributed by atoms with Gasteiger partial charge < -0.3 is 15.2 Å². The molecular weight excluding hydrogens is 226 g/mol. The van der Waals surface area contributed by atoms with Crippen molar-refractivity contribution in [2.24, 2.45) is 0 Å². The number of methoxy groups -OCH3 is 1. The van der Waals surface area contributed by atoms with E-state index in [9.17, 15) is 0 Å². The second kappa shape index (κ2) is 4.91. The molecule has 0 atom stereocenters. The molecule has 0 aliphatic heterocycles. The smallest absolute Gasteiger partial charge is 0.210 e. The summed E-state index contributed by atoms with van der Waals surface area (Å²) >= 11 is 1.32. The van der Waals surface area contributed by atoms with E-state index in [4.69, 9.17) is 9.84 Å². The predicted octanol–water partition coefficient (Wildman–Crippen LogP) is 1.78. The fraction of sp³-hybridized carbons (Fsp3) is 0.200. The van der Waals surface area contributed by atoms with Crippen LogP contribution in [0.4, 0.5) is 10.8 Å². The Morgan fingerprint density at radius 2 is 2.06 bits per heavy atom. The van der Waals surface area contributed by atoms with Gasteiger partial charge in [-0.15, -0.1) is 10.2 Å². The molecule has 0 saturated heterocycles. The maximum absolute atomic E-state index is 8.85. The lowest BCUT2D eigenvalue weighted by molar-refractivity contribution is 0.280. The van der Waals surface area contributed by atoms with Gasteiger partial charge in [0.15, 0.2) is 0 Å². The Bertz CT molecular complexity index is 455. The number of aliphatic hydroxyl groups is 1. The van der Waals surface area contributed by atoms with Crippen molar-refractivity contribution in [2.45, 2.75) is 6.61 Å². The highest BCUT2D eigenvalue weighted by atomic mass is 32.1. The van der Waals surface area contributed by atoms with Crippen LogP contribution in [0, 0.1) is 0 Å². The van der Waals surface area contributed by atoms with Crippen LogP contribution in [-0.2, 0) is 6.61 Å². The van der Waals surface area contributed by atoms with Crippen molar-refractivity contribution in [1.82, 2.24) is 10.2 Å². The summed E-state index contributed by atoms with van der Waals surface area (Å²) in [4.78, 5) is 0. The molecule has 1 aromatic heterocycles. The zero-order valence-corrected chi connectivity index (χ0v) is 9.49. The van der Waals surface area contributed by atoms with Gasteiger partial charge in [0.2, 0.25) is 5.13 Å². The Labute approximate surface area is 96.7 Å². The minimum Gasteiger partial charge on any atom is -0.497 e. The number of hydrogen-bond acceptors (Lipinski definition) is 6. The molecule has 6 heteroatoms. The number of aliphatic hydroxyl groups excluding tert-OH is 1. The number of rotatable bonds is 4. The lowest BCUT2D eigenvalue weighted by Gasteiger charge is -2.03. The number of hydrogen-bond donors (Lipinski definition) is 2. The van der Waals surface area contributed by atoms with Crippen LogP contribution in [0.1, 0.15) is 5.01 Å². The molecule has 1 aromatic carbocycles. The van der Waals surface area contributed by atoms with E-state index in [1.54, 1.807) is 7.11 Å². The molecule has 2 aromatic rings. The molecule has 2 N–H and O–H groups in total. The first-order valence-corrected chi connectivity index (χ1v) is 5.48. The Kier molecular flexibility index (Phi) is 3.33. The van der Waals surface area contributed by atoms with E-state index in [0.717, 1.165) is 11.4 Å². The Hall–Kier alpha value is -1.66. The third-order valence-corrected chi connectivity index (χ3v) is 2.77. The van der Waals surface area contributed by atoms with Crippen LogP contribution in [0.25, 0.3) is 0 Å². The molecule has 0 fully saturated rings. The molecule has 5 nitrogen and oxygen atoms in total. The topological polar surface area (TPSA) is 67.3 Å². The van der Waals surface area contributed by atoms with E-state index >= 15 is 0 Å². The van der Waals surface area contributed by atoms with Crippen molar-refractivity contribution in [1.29, 1.82) is 0 Å². The van der Waals surface area contributed by atoms with Gasteiger partial charge in [0.25, 0.3) is 0 Å². The number of aromatic nitrogens is 2. The zero-order valence-electron chi connectivity index (χ0n) is 8.67. The van der Waals surface area contributed by atoms with Crippen LogP contribution in [0.15, 0.2) is 24.3 Å². The first-order chi connectivity index (χ1) is 7.81. The van der Waals surface area contributed by atoms with Gasteiger partial charge in [0.05, 0.1) is 13.7 Å². The van der Waals surface area contributed by atoms with Crippen molar-refractivity contribution >= 4 is 22.2 Å². The van der Waals surface area contributed by atoms with Gasteiger partial charge in [-0.3, -0.25) is 0 Å². The van der Waals surface area contributed by atoms with Gasteiger partial charge in [-0.1, -0.05) is 11.3 Å². The number of nitrogens with zero attached hydrogens (tertiary/aromatic N) is 2. The monoisotopic (exact) mass is 237 g/mol. The molecular formula is C10H11N3O2S. The molecule has 0 unspecified atom stereocenters. The Morgan fingerprint density at radius 3 is 2.62 bits per heavy atom. The highest BCUT2D eigenvalue weighted by molar-refractivity contribution is 7.15. The van der Waals surface area contributed by atoms with Gasteiger partial charge in [-0.2, -0.15) is 0 Å². The molecule has 0 aliphatic rings. The van der Waals surface area contributed by atoms with E-state index in [1.807, 2.05) is 24.3 Å². The third kappa shape index (κ3) is 2.47. The molecule has 0 aliphatic carbocycles. The number of anilines is 2. The first-order valence-electron chi connectivity index (χ1n) is 4.66. The van der Waals surface area contributed by atoms with E-state index < -0.39 is 0 Å². The minimum absolute atomic E-state index is 0.0814. The summed E-state index contributed by atoms with van der Waals surface area (Å²) in [6.07, 6.45) is 0. The van der Waals surface area contributed by atoms with Crippen molar-refractivity contribution < 1.29 is 9.84 Å². The molecule has 84 valence electrons. The predicted molar refractivity (Wildman–Crippen MR) is 62.1 cm³/mol.